The Balaban J connectivity index is 1.55. The summed E-state index contributed by atoms with van der Waals surface area (Å²) in [5.74, 6) is 0.0296. The fourth-order valence-corrected chi connectivity index (χ4v) is 3.85. The topological polar surface area (TPSA) is 72.0 Å². The molecule has 1 unspecified atom stereocenters. The van der Waals surface area contributed by atoms with E-state index in [9.17, 15) is 4.39 Å². The maximum absolute atomic E-state index is 14.5. The SMILES string of the molecule is Fc1ccc(Cl)cc1-c1cccc2cnc(Nc3cccnc3C3CNCCO3)nc12. The molecule has 1 saturated heterocycles. The van der Waals surface area contributed by atoms with Gasteiger partial charge in [-0.3, -0.25) is 4.98 Å². The second-order valence-corrected chi connectivity index (χ2v) is 7.62. The first-order valence-electron chi connectivity index (χ1n) is 9.94. The van der Waals surface area contributed by atoms with Crippen molar-refractivity contribution < 1.29 is 9.13 Å². The number of hydrogen-bond acceptors (Lipinski definition) is 6. The summed E-state index contributed by atoms with van der Waals surface area (Å²) in [6.45, 7) is 2.13. The van der Waals surface area contributed by atoms with Crippen LogP contribution in [0.15, 0.2) is 60.9 Å². The van der Waals surface area contributed by atoms with Crippen molar-refractivity contribution in [3.8, 4) is 11.1 Å². The monoisotopic (exact) mass is 435 g/mol. The zero-order chi connectivity index (χ0) is 21.2. The molecule has 156 valence electrons. The van der Waals surface area contributed by atoms with Gasteiger partial charge in [-0.1, -0.05) is 29.8 Å². The van der Waals surface area contributed by atoms with Crippen LogP contribution in [0.4, 0.5) is 16.0 Å². The number of morpholine rings is 1. The van der Waals surface area contributed by atoms with E-state index in [1.54, 1.807) is 18.5 Å². The molecule has 0 radical (unpaired) electrons. The molecule has 0 amide bonds. The first-order valence-corrected chi connectivity index (χ1v) is 10.3. The zero-order valence-electron chi connectivity index (χ0n) is 16.5. The average molecular weight is 436 g/mol. The molecule has 1 fully saturated rings. The van der Waals surface area contributed by atoms with Crippen LogP contribution in [0, 0.1) is 5.82 Å². The Morgan fingerprint density at radius 1 is 1.10 bits per heavy atom. The minimum Gasteiger partial charge on any atom is -0.369 e. The van der Waals surface area contributed by atoms with Crippen LogP contribution in [-0.2, 0) is 4.74 Å². The van der Waals surface area contributed by atoms with Gasteiger partial charge in [0.25, 0.3) is 0 Å². The van der Waals surface area contributed by atoms with Gasteiger partial charge in [0.05, 0.1) is 23.5 Å². The van der Waals surface area contributed by atoms with Crippen LogP contribution in [-0.4, -0.2) is 34.6 Å². The summed E-state index contributed by atoms with van der Waals surface area (Å²) in [6.07, 6.45) is 3.29. The molecular weight excluding hydrogens is 417 g/mol. The predicted octanol–water partition coefficient (Wildman–Crippen LogP) is 4.89. The third kappa shape index (κ3) is 4.07. The summed E-state index contributed by atoms with van der Waals surface area (Å²) in [4.78, 5) is 13.6. The Hall–Kier alpha value is -3.13. The summed E-state index contributed by atoms with van der Waals surface area (Å²) in [5, 5.41) is 7.83. The van der Waals surface area contributed by atoms with Gasteiger partial charge in [-0.05, 0) is 30.3 Å². The lowest BCUT2D eigenvalue weighted by molar-refractivity contribution is 0.0255. The van der Waals surface area contributed by atoms with Crippen molar-refractivity contribution in [2.45, 2.75) is 6.10 Å². The number of nitrogens with one attached hydrogen (secondary N) is 2. The van der Waals surface area contributed by atoms with Crippen molar-refractivity contribution in [3.63, 3.8) is 0 Å². The Morgan fingerprint density at radius 3 is 2.90 bits per heavy atom. The van der Waals surface area contributed by atoms with Crippen LogP contribution < -0.4 is 10.6 Å². The maximum Gasteiger partial charge on any atom is 0.227 e. The van der Waals surface area contributed by atoms with Gasteiger partial charge >= 0.3 is 0 Å². The Morgan fingerprint density at radius 2 is 2.03 bits per heavy atom. The van der Waals surface area contributed by atoms with Gasteiger partial charge in [0.1, 0.15) is 11.9 Å². The highest BCUT2D eigenvalue weighted by molar-refractivity contribution is 6.30. The van der Waals surface area contributed by atoms with Crippen LogP contribution in [0.2, 0.25) is 5.02 Å². The van der Waals surface area contributed by atoms with Gasteiger partial charge in [-0.15, -0.1) is 0 Å². The molecule has 0 saturated carbocycles. The van der Waals surface area contributed by atoms with E-state index in [0.717, 1.165) is 23.3 Å². The molecule has 2 aromatic heterocycles. The molecule has 2 N–H and O–H groups in total. The quantitative estimate of drug-likeness (QED) is 0.475. The highest BCUT2D eigenvalue weighted by Gasteiger charge is 2.21. The number of benzene rings is 2. The summed E-state index contributed by atoms with van der Waals surface area (Å²) in [7, 11) is 0. The average Bonchev–Trinajstić information content (AvgIpc) is 2.81. The minimum absolute atomic E-state index is 0.158. The fraction of sp³-hybridized carbons (Fsp3) is 0.174. The van der Waals surface area contributed by atoms with Crippen LogP contribution in [0.5, 0.6) is 0 Å². The smallest absolute Gasteiger partial charge is 0.227 e. The first kappa shape index (κ1) is 19.8. The lowest BCUT2D eigenvalue weighted by Gasteiger charge is -2.24. The van der Waals surface area contributed by atoms with E-state index in [2.05, 4.69) is 25.6 Å². The van der Waals surface area contributed by atoms with E-state index in [0.29, 0.717) is 40.8 Å². The molecule has 0 spiro atoms. The van der Waals surface area contributed by atoms with Gasteiger partial charge < -0.3 is 15.4 Å². The molecule has 5 rings (SSSR count). The number of rotatable bonds is 4. The van der Waals surface area contributed by atoms with Gasteiger partial charge in [0.2, 0.25) is 5.95 Å². The number of pyridine rings is 1. The Kier molecular flexibility index (Phi) is 5.46. The Bertz CT molecular complexity index is 1250. The second kappa shape index (κ2) is 8.55. The molecule has 31 heavy (non-hydrogen) atoms. The molecule has 0 aliphatic carbocycles. The van der Waals surface area contributed by atoms with Crippen molar-refractivity contribution in [1.82, 2.24) is 20.3 Å². The number of hydrogen-bond donors (Lipinski definition) is 2. The summed E-state index contributed by atoms with van der Waals surface area (Å²) in [5.41, 5.74) is 3.22. The third-order valence-corrected chi connectivity index (χ3v) is 5.38. The maximum atomic E-state index is 14.5. The lowest BCUT2D eigenvalue weighted by atomic mass is 10.0. The minimum atomic E-state index is -0.360. The van der Waals surface area contributed by atoms with Crippen molar-refractivity contribution in [2.24, 2.45) is 0 Å². The van der Waals surface area contributed by atoms with Crippen LogP contribution >= 0.6 is 11.6 Å². The fourth-order valence-electron chi connectivity index (χ4n) is 3.68. The van der Waals surface area contributed by atoms with E-state index in [1.807, 2.05) is 30.3 Å². The lowest BCUT2D eigenvalue weighted by Crippen LogP contribution is -2.34. The number of aromatic nitrogens is 3. The van der Waals surface area contributed by atoms with Crippen LogP contribution in [0.25, 0.3) is 22.0 Å². The number of ether oxygens (including phenoxy) is 1. The van der Waals surface area contributed by atoms with Gasteiger partial charge in [0.15, 0.2) is 0 Å². The normalized spacial score (nSPS) is 16.4. The van der Waals surface area contributed by atoms with Crippen molar-refractivity contribution in [2.75, 3.05) is 25.0 Å². The first-order chi connectivity index (χ1) is 15.2. The molecule has 1 aliphatic rings. The molecular formula is C23H19ClFN5O. The van der Waals surface area contributed by atoms with Gasteiger partial charge in [-0.25, -0.2) is 14.4 Å². The molecule has 0 bridgehead atoms. The van der Waals surface area contributed by atoms with E-state index >= 15 is 0 Å². The number of halogens is 2. The standard InChI is InChI=1S/C23H19ClFN5O/c24-15-6-7-18(25)17(11-15)16-4-1-3-14-12-28-23(30-21(14)16)29-19-5-2-8-27-22(19)20-13-26-9-10-31-20/h1-8,11-12,20,26H,9-10,13H2,(H,28,29,30). The van der Waals surface area contributed by atoms with Crippen molar-refractivity contribution in [1.29, 1.82) is 0 Å². The van der Waals surface area contributed by atoms with Crippen molar-refractivity contribution >= 4 is 34.1 Å². The molecule has 1 atom stereocenters. The number of fused-ring (bicyclic) bond motifs is 1. The summed E-state index contributed by atoms with van der Waals surface area (Å²) < 4.78 is 20.4. The van der Waals surface area contributed by atoms with Crippen LogP contribution in [0.1, 0.15) is 11.8 Å². The number of anilines is 2. The molecule has 3 heterocycles. The molecule has 8 heteroatoms. The number of para-hydroxylation sites is 1. The van der Waals surface area contributed by atoms with E-state index in [-0.39, 0.29) is 11.9 Å². The van der Waals surface area contributed by atoms with E-state index < -0.39 is 0 Å². The van der Waals surface area contributed by atoms with Gasteiger partial charge in [0, 0.05) is 47.0 Å². The summed E-state index contributed by atoms with van der Waals surface area (Å²) >= 11 is 6.11. The van der Waals surface area contributed by atoms with Crippen molar-refractivity contribution in [3.05, 3.63) is 77.5 Å². The molecule has 6 nitrogen and oxygen atoms in total. The van der Waals surface area contributed by atoms with E-state index in [4.69, 9.17) is 16.3 Å². The largest absolute Gasteiger partial charge is 0.369 e. The number of nitrogens with zero attached hydrogens (tertiary/aromatic N) is 3. The molecule has 4 aromatic rings. The molecule has 1 aliphatic heterocycles. The highest BCUT2D eigenvalue weighted by Crippen LogP contribution is 2.32. The second-order valence-electron chi connectivity index (χ2n) is 7.19. The van der Waals surface area contributed by atoms with Gasteiger partial charge in [-0.2, -0.15) is 0 Å². The van der Waals surface area contributed by atoms with Crippen LogP contribution in [0.3, 0.4) is 0 Å². The van der Waals surface area contributed by atoms with E-state index in [1.165, 1.54) is 12.1 Å². The third-order valence-electron chi connectivity index (χ3n) is 5.15. The Labute approximate surface area is 183 Å². The predicted molar refractivity (Wildman–Crippen MR) is 119 cm³/mol. The summed E-state index contributed by atoms with van der Waals surface area (Å²) in [6, 6.07) is 13.8. The highest BCUT2D eigenvalue weighted by atomic mass is 35.5. The zero-order valence-corrected chi connectivity index (χ0v) is 17.2. The molecule has 2 aromatic carbocycles.